The van der Waals surface area contributed by atoms with Gasteiger partial charge in [-0.15, -0.1) is 0 Å². The molecule has 0 fully saturated rings. The van der Waals surface area contributed by atoms with Gasteiger partial charge in [-0.05, 0) is 106 Å². The van der Waals surface area contributed by atoms with Gasteiger partial charge in [-0.25, -0.2) is 0 Å². The van der Waals surface area contributed by atoms with E-state index in [0.29, 0.717) is 0 Å². The molecular formula is C44H31NO. The minimum Gasteiger partial charge on any atom is -0.457 e. The molecule has 0 N–H and O–H groups in total. The van der Waals surface area contributed by atoms with Gasteiger partial charge in [0.1, 0.15) is 11.5 Å². The lowest BCUT2D eigenvalue weighted by molar-refractivity contribution is 0.484. The van der Waals surface area contributed by atoms with Crippen molar-refractivity contribution in [3.63, 3.8) is 0 Å². The molecule has 0 atom stereocenters. The lowest BCUT2D eigenvalue weighted by Gasteiger charge is -2.15. The third kappa shape index (κ3) is 4.34. The SMILES string of the molecule is Cc1ccc(-c2ccc3c4ccccc4n(-c4ccccc4)c3c2)cc1-c1ccccc1Oc1ccc2c(c1)-c1ccccc1C2. The first-order chi connectivity index (χ1) is 22.7. The normalized spacial score (nSPS) is 11.9. The molecule has 0 amide bonds. The van der Waals surface area contributed by atoms with E-state index in [9.17, 15) is 0 Å². The van der Waals surface area contributed by atoms with Crippen molar-refractivity contribution < 1.29 is 4.74 Å². The fraction of sp³-hybridized carbons (Fsp3) is 0.0455. The van der Waals surface area contributed by atoms with Gasteiger partial charge in [0.05, 0.1) is 11.0 Å². The van der Waals surface area contributed by atoms with E-state index in [1.165, 1.54) is 66.3 Å². The Morgan fingerprint density at radius 1 is 0.478 bits per heavy atom. The average Bonchev–Trinajstić information content (AvgIpc) is 3.64. The van der Waals surface area contributed by atoms with E-state index < -0.39 is 0 Å². The maximum absolute atomic E-state index is 6.66. The summed E-state index contributed by atoms with van der Waals surface area (Å²) in [6.45, 7) is 2.18. The van der Waals surface area contributed by atoms with Crippen LogP contribution in [0.15, 0.2) is 158 Å². The summed E-state index contributed by atoms with van der Waals surface area (Å²) >= 11 is 0. The maximum Gasteiger partial charge on any atom is 0.135 e. The molecule has 9 rings (SSSR count). The molecule has 1 heterocycles. The molecule has 7 aromatic carbocycles. The summed E-state index contributed by atoms with van der Waals surface area (Å²) < 4.78 is 9.03. The van der Waals surface area contributed by atoms with E-state index in [1.54, 1.807) is 0 Å². The van der Waals surface area contributed by atoms with Crippen molar-refractivity contribution in [3.8, 4) is 50.6 Å². The summed E-state index contributed by atoms with van der Waals surface area (Å²) in [4.78, 5) is 0. The number of hydrogen-bond acceptors (Lipinski definition) is 1. The largest absolute Gasteiger partial charge is 0.457 e. The van der Waals surface area contributed by atoms with E-state index in [4.69, 9.17) is 4.74 Å². The van der Waals surface area contributed by atoms with Gasteiger partial charge in [-0.1, -0.05) is 109 Å². The van der Waals surface area contributed by atoms with Crippen LogP contribution in [0.2, 0.25) is 0 Å². The van der Waals surface area contributed by atoms with Crippen molar-refractivity contribution in [1.82, 2.24) is 4.57 Å². The Hall–Kier alpha value is -5.86. The van der Waals surface area contributed by atoms with Crippen molar-refractivity contribution in [1.29, 1.82) is 0 Å². The fourth-order valence-corrected chi connectivity index (χ4v) is 7.17. The topological polar surface area (TPSA) is 14.2 Å². The van der Waals surface area contributed by atoms with Gasteiger partial charge >= 0.3 is 0 Å². The Morgan fingerprint density at radius 2 is 1.17 bits per heavy atom. The molecule has 0 spiro atoms. The minimum absolute atomic E-state index is 0.855. The molecule has 0 saturated carbocycles. The minimum atomic E-state index is 0.855. The first-order valence-corrected chi connectivity index (χ1v) is 15.9. The summed E-state index contributed by atoms with van der Waals surface area (Å²) in [5.74, 6) is 1.71. The van der Waals surface area contributed by atoms with Crippen molar-refractivity contribution in [3.05, 3.63) is 174 Å². The van der Waals surface area contributed by atoms with Crippen LogP contribution in [0.4, 0.5) is 0 Å². The van der Waals surface area contributed by atoms with Crippen molar-refractivity contribution in [2.45, 2.75) is 13.3 Å². The van der Waals surface area contributed by atoms with Gasteiger partial charge in [0.2, 0.25) is 0 Å². The Labute approximate surface area is 268 Å². The van der Waals surface area contributed by atoms with E-state index in [0.717, 1.165) is 29.2 Å². The highest BCUT2D eigenvalue weighted by molar-refractivity contribution is 6.10. The molecule has 0 saturated heterocycles. The third-order valence-corrected chi connectivity index (χ3v) is 9.43. The van der Waals surface area contributed by atoms with Crippen LogP contribution in [0.25, 0.3) is 60.9 Å². The highest BCUT2D eigenvalue weighted by Gasteiger charge is 2.19. The monoisotopic (exact) mass is 589 g/mol. The predicted octanol–water partition coefficient (Wildman–Crippen LogP) is 11.8. The molecule has 218 valence electrons. The van der Waals surface area contributed by atoms with E-state index in [-0.39, 0.29) is 0 Å². The standard InChI is InChI=1S/C44H31NO/c1-29-19-20-30(31-22-24-38-37-15-7-9-17-42(37)45(43(38)27-31)34-12-3-2-4-13-34)26-40(29)39-16-8-10-18-44(39)46-35-23-21-33-25-32-11-5-6-14-36(32)41(33)28-35/h2-24,26-28H,25H2,1H3. The fourth-order valence-electron chi connectivity index (χ4n) is 7.17. The van der Waals surface area contributed by atoms with Crippen molar-refractivity contribution in [2.75, 3.05) is 0 Å². The van der Waals surface area contributed by atoms with Crippen LogP contribution in [0.5, 0.6) is 11.5 Å². The van der Waals surface area contributed by atoms with E-state index >= 15 is 0 Å². The predicted molar refractivity (Wildman–Crippen MR) is 191 cm³/mol. The number of hydrogen-bond donors (Lipinski definition) is 0. The van der Waals surface area contributed by atoms with Crippen LogP contribution in [-0.4, -0.2) is 4.57 Å². The van der Waals surface area contributed by atoms with E-state index in [1.807, 2.05) is 0 Å². The van der Waals surface area contributed by atoms with Gasteiger partial charge in [-0.2, -0.15) is 0 Å². The smallest absolute Gasteiger partial charge is 0.135 e. The van der Waals surface area contributed by atoms with Crippen LogP contribution in [0.3, 0.4) is 0 Å². The van der Waals surface area contributed by atoms with Crippen LogP contribution in [0.1, 0.15) is 16.7 Å². The van der Waals surface area contributed by atoms with Gasteiger partial charge in [0.15, 0.2) is 0 Å². The first-order valence-electron chi connectivity index (χ1n) is 15.9. The zero-order valence-corrected chi connectivity index (χ0v) is 25.6. The Morgan fingerprint density at radius 3 is 2.09 bits per heavy atom. The summed E-state index contributed by atoms with van der Waals surface area (Å²) in [6.07, 6.45) is 0.978. The highest BCUT2D eigenvalue weighted by Crippen LogP contribution is 2.42. The molecule has 0 unspecified atom stereocenters. The molecule has 0 radical (unpaired) electrons. The van der Waals surface area contributed by atoms with Crippen LogP contribution in [-0.2, 0) is 6.42 Å². The number of aromatic nitrogens is 1. The number of benzene rings is 7. The lowest BCUT2D eigenvalue weighted by Crippen LogP contribution is -1.94. The molecule has 46 heavy (non-hydrogen) atoms. The zero-order valence-electron chi connectivity index (χ0n) is 25.6. The van der Waals surface area contributed by atoms with E-state index in [2.05, 4.69) is 169 Å². The van der Waals surface area contributed by atoms with Crippen LogP contribution < -0.4 is 4.74 Å². The van der Waals surface area contributed by atoms with Gasteiger partial charge in [0.25, 0.3) is 0 Å². The molecule has 8 aromatic rings. The number of para-hydroxylation sites is 3. The molecule has 2 nitrogen and oxygen atoms in total. The number of fused-ring (bicyclic) bond motifs is 6. The molecule has 1 aliphatic carbocycles. The first kappa shape index (κ1) is 26.5. The van der Waals surface area contributed by atoms with Gasteiger partial charge in [0, 0.05) is 22.0 Å². The second-order valence-corrected chi connectivity index (χ2v) is 12.2. The number of ether oxygens (including phenoxy) is 1. The third-order valence-electron chi connectivity index (χ3n) is 9.43. The van der Waals surface area contributed by atoms with Crippen molar-refractivity contribution in [2.24, 2.45) is 0 Å². The van der Waals surface area contributed by atoms with Gasteiger partial charge < -0.3 is 9.30 Å². The molecule has 0 aliphatic heterocycles. The Balaban J connectivity index is 1.13. The average molecular weight is 590 g/mol. The highest BCUT2D eigenvalue weighted by atomic mass is 16.5. The van der Waals surface area contributed by atoms with Gasteiger partial charge in [-0.3, -0.25) is 0 Å². The number of aryl methyl sites for hydroxylation is 1. The summed E-state index contributed by atoms with van der Waals surface area (Å²) in [6, 6.07) is 56.5. The number of nitrogens with zero attached hydrogens (tertiary/aromatic N) is 1. The molecule has 1 aliphatic rings. The lowest BCUT2D eigenvalue weighted by atomic mass is 9.94. The second-order valence-electron chi connectivity index (χ2n) is 12.2. The molecule has 0 bridgehead atoms. The summed E-state index contributed by atoms with van der Waals surface area (Å²) in [5.41, 5.74) is 14.7. The Kier molecular flexibility index (Phi) is 6.14. The summed E-state index contributed by atoms with van der Waals surface area (Å²) in [5, 5.41) is 2.52. The van der Waals surface area contributed by atoms with Crippen molar-refractivity contribution >= 4 is 21.8 Å². The maximum atomic E-state index is 6.66. The quantitative estimate of drug-likeness (QED) is 0.195. The number of rotatable bonds is 5. The molecule has 1 aromatic heterocycles. The van der Waals surface area contributed by atoms with Crippen LogP contribution >= 0.6 is 0 Å². The Bertz CT molecular complexity index is 2430. The molecule has 2 heteroatoms. The second kappa shape index (κ2) is 10.6. The zero-order chi connectivity index (χ0) is 30.6. The summed E-state index contributed by atoms with van der Waals surface area (Å²) in [7, 11) is 0. The van der Waals surface area contributed by atoms with Crippen LogP contribution in [0, 0.1) is 6.92 Å². The molecular weight excluding hydrogens is 558 g/mol.